The third-order valence-corrected chi connectivity index (χ3v) is 5.20. The predicted molar refractivity (Wildman–Crippen MR) is 95.2 cm³/mol. The van der Waals surface area contributed by atoms with Crippen molar-refractivity contribution >= 4 is 23.2 Å². The zero-order valence-corrected chi connectivity index (χ0v) is 15.0. The third kappa shape index (κ3) is 4.36. The Labute approximate surface area is 149 Å². The van der Waals surface area contributed by atoms with E-state index in [9.17, 15) is 14.4 Å². The van der Waals surface area contributed by atoms with Gasteiger partial charge in [0.15, 0.2) is 0 Å². The van der Waals surface area contributed by atoms with Crippen molar-refractivity contribution in [2.45, 2.75) is 33.2 Å². The fourth-order valence-corrected chi connectivity index (χ4v) is 3.43. The van der Waals surface area contributed by atoms with Gasteiger partial charge in [0.05, 0.1) is 6.54 Å². The molecular weight excluding hydrogens is 340 g/mol. The molecule has 1 amide bonds. The Morgan fingerprint density at radius 3 is 2.56 bits per heavy atom. The number of thiazole rings is 1. The molecule has 3 rings (SSSR count). The molecule has 1 N–H and O–H groups in total. The minimum atomic E-state index is -0.375. The molecular formula is C18H20N2O4S. The van der Waals surface area contributed by atoms with Crippen molar-refractivity contribution in [1.29, 1.82) is 0 Å². The molecule has 0 unspecified atom stereocenters. The number of hydrogen-bond donors (Lipinski definition) is 1. The minimum absolute atomic E-state index is 0.155. The SMILES string of the molecule is CC(=O)Oc1ccc(Cn2c(C)c(C(=O)NCC3CC3)sc2=O)cc1. The molecule has 25 heavy (non-hydrogen) atoms. The molecule has 1 aliphatic carbocycles. The van der Waals surface area contributed by atoms with Crippen LogP contribution in [0.5, 0.6) is 5.75 Å². The van der Waals surface area contributed by atoms with Gasteiger partial charge in [-0.2, -0.15) is 0 Å². The predicted octanol–water partition coefficient (Wildman–Crippen LogP) is 2.33. The number of carbonyl (C=O) groups is 2. The average molecular weight is 360 g/mol. The van der Waals surface area contributed by atoms with Crippen LogP contribution >= 0.6 is 11.3 Å². The van der Waals surface area contributed by atoms with Crippen molar-refractivity contribution in [1.82, 2.24) is 9.88 Å². The van der Waals surface area contributed by atoms with Crippen LogP contribution in [0.1, 0.15) is 40.7 Å². The minimum Gasteiger partial charge on any atom is -0.427 e. The van der Waals surface area contributed by atoms with Crippen molar-refractivity contribution in [2.24, 2.45) is 5.92 Å². The van der Waals surface area contributed by atoms with Gasteiger partial charge < -0.3 is 10.1 Å². The van der Waals surface area contributed by atoms with Crippen LogP contribution in [0, 0.1) is 12.8 Å². The van der Waals surface area contributed by atoms with Crippen LogP contribution in [0.4, 0.5) is 0 Å². The van der Waals surface area contributed by atoms with Gasteiger partial charge in [0, 0.05) is 19.2 Å². The van der Waals surface area contributed by atoms with Crippen LogP contribution in [0.2, 0.25) is 0 Å². The molecule has 132 valence electrons. The lowest BCUT2D eigenvalue weighted by atomic mass is 10.2. The molecule has 0 bridgehead atoms. The Hall–Kier alpha value is -2.41. The van der Waals surface area contributed by atoms with E-state index in [-0.39, 0.29) is 16.7 Å². The summed E-state index contributed by atoms with van der Waals surface area (Å²) in [7, 11) is 0. The van der Waals surface area contributed by atoms with Crippen molar-refractivity contribution in [3.05, 3.63) is 50.1 Å². The number of aromatic nitrogens is 1. The Morgan fingerprint density at radius 1 is 1.28 bits per heavy atom. The number of rotatable bonds is 6. The molecule has 6 nitrogen and oxygen atoms in total. The number of nitrogens with zero attached hydrogens (tertiary/aromatic N) is 1. The Morgan fingerprint density at radius 2 is 1.96 bits per heavy atom. The Kier molecular flexibility index (Phi) is 5.03. The maximum Gasteiger partial charge on any atom is 0.308 e. The number of esters is 1. The molecule has 0 aliphatic heterocycles. The average Bonchev–Trinajstić information content (AvgIpc) is 3.35. The number of amides is 1. The maximum atomic E-state index is 12.3. The van der Waals surface area contributed by atoms with Crippen LogP contribution < -0.4 is 14.9 Å². The smallest absolute Gasteiger partial charge is 0.308 e. The van der Waals surface area contributed by atoms with E-state index >= 15 is 0 Å². The van der Waals surface area contributed by atoms with E-state index in [4.69, 9.17) is 4.74 Å². The molecule has 0 radical (unpaired) electrons. The van der Waals surface area contributed by atoms with Gasteiger partial charge in [-0.3, -0.25) is 19.0 Å². The highest BCUT2D eigenvalue weighted by Crippen LogP contribution is 2.27. The Balaban J connectivity index is 1.72. The molecule has 0 saturated heterocycles. The second-order valence-electron chi connectivity index (χ2n) is 6.26. The van der Waals surface area contributed by atoms with Gasteiger partial charge in [-0.05, 0) is 43.4 Å². The number of carbonyl (C=O) groups excluding carboxylic acids is 2. The van der Waals surface area contributed by atoms with Crippen molar-refractivity contribution in [2.75, 3.05) is 6.54 Å². The lowest BCUT2D eigenvalue weighted by Crippen LogP contribution is -2.25. The van der Waals surface area contributed by atoms with E-state index in [0.29, 0.717) is 35.3 Å². The second kappa shape index (κ2) is 7.23. The van der Waals surface area contributed by atoms with Crippen LogP contribution in [0.25, 0.3) is 0 Å². The van der Waals surface area contributed by atoms with Crippen LogP contribution in [0.3, 0.4) is 0 Å². The molecule has 1 fully saturated rings. The summed E-state index contributed by atoms with van der Waals surface area (Å²) in [6, 6.07) is 6.97. The van der Waals surface area contributed by atoms with E-state index in [1.165, 1.54) is 19.8 Å². The number of hydrogen-bond acceptors (Lipinski definition) is 5. The molecule has 1 heterocycles. The van der Waals surface area contributed by atoms with E-state index < -0.39 is 0 Å². The van der Waals surface area contributed by atoms with Crippen molar-refractivity contribution < 1.29 is 14.3 Å². The molecule has 0 spiro atoms. The quantitative estimate of drug-likeness (QED) is 0.634. The van der Waals surface area contributed by atoms with Crippen LogP contribution in [-0.4, -0.2) is 23.0 Å². The summed E-state index contributed by atoms with van der Waals surface area (Å²) in [4.78, 5) is 35.8. The summed E-state index contributed by atoms with van der Waals surface area (Å²) in [5.74, 6) is 0.513. The number of nitrogens with one attached hydrogen (secondary N) is 1. The monoisotopic (exact) mass is 360 g/mol. The topological polar surface area (TPSA) is 77.4 Å². The summed E-state index contributed by atoms with van der Waals surface area (Å²) in [5.41, 5.74) is 1.57. The Bertz CT molecular complexity index is 847. The van der Waals surface area contributed by atoms with Gasteiger partial charge in [0.1, 0.15) is 10.6 Å². The van der Waals surface area contributed by atoms with E-state index in [0.717, 1.165) is 16.9 Å². The third-order valence-electron chi connectivity index (χ3n) is 4.12. The normalized spacial score (nSPS) is 13.5. The molecule has 1 saturated carbocycles. The highest BCUT2D eigenvalue weighted by molar-refractivity contribution is 7.11. The zero-order chi connectivity index (χ0) is 18.0. The highest BCUT2D eigenvalue weighted by atomic mass is 32.1. The first-order valence-corrected chi connectivity index (χ1v) is 9.01. The second-order valence-corrected chi connectivity index (χ2v) is 7.22. The molecule has 1 aliphatic rings. The fraction of sp³-hybridized carbons (Fsp3) is 0.389. The van der Waals surface area contributed by atoms with E-state index in [2.05, 4.69) is 5.32 Å². The molecule has 1 aromatic carbocycles. The highest BCUT2D eigenvalue weighted by Gasteiger charge is 2.23. The number of ether oxygens (including phenoxy) is 1. The fourth-order valence-electron chi connectivity index (χ4n) is 2.52. The van der Waals surface area contributed by atoms with E-state index in [1.54, 1.807) is 35.8 Å². The molecule has 2 aromatic rings. The summed E-state index contributed by atoms with van der Waals surface area (Å²) in [6.45, 7) is 4.19. The zero-order valence-electron chi connectivity index (χ0n) is 14.2. The van der Waals surface area contributed by atoms with Crippen LogP contribution in [0.15, 0.2) is 29.1 Å². The van der Waals surface area contributed by atoms with E-state index in [1.807, 2.05) is 0 Å². The van der Waals surface area contributed by atoms with Gasteiger partial charge >= 0.3 is 10.8 Å². The largest absolute Gasteiger partial charge is 0.427 e. The van der Waals surface area contributed by atoms with Gasteiger partial charge in [-0.15, -0.1) is 0 Å². The first-order valence-electron chi connectivity index (χ1n) is 8.20. The first kappa shape index (κ1) is 17.4. The van der Waals surface area contributed by atoms with Gasteiger partial charge in [-0.1, -0.05) is 23.5 Å². The molecule has 1 aromatic heterocycles. The summed E-state index contributed by atoms with van der Waals surface area (Å²) in [5, 5.41) is 2.90. The van der Waals surface area contributed by atoms with Crippen LogP contribution in [-0.2, 0) is 11.3 Å². The molecule has 0 atom stereocenters. The summed E-state index contributed by atoms with van der Waals surface area (Å²) in [6.07, 6.45) is 2.33. The first-order chi connectivity index (χ1) is 11.9. The lowest BCUT2D eigenvalue weighted by Gasteiger charge is -2.07. The summed E-state index contributed by atoms with van der Waals surface area (Å²) >= 11 is 0.978. The van der Waals surface area contributed by atoms with Crippen molar-refractivity contribution in [3.63, 3.8) is 0 Å². The van der Waals surface area contributed by atoms with Gasteiger partial charge in [0.2, 0.25) is 0 Å². The summed E-state index contributed by atoms with van der Waals surface area (Å²) < 4.78 is 6.59. The van der Waals surface area contributed by atoms with Crippen molar-refractivity contribution in [3.8, 4) is 5.75 Å². The lowest BCUT2D eigenvalue weighted by molar-refractivity contribution is -0.131. The van der Waals surface area contributed by atoms with Gasteiger partial charge in [-0.25, -0.2) is 0 Å². The number of benzene rings is 1. The maximum absolute atomic E-state index is 12.3. The molecule has 7 heteroatoms. The standard InChI is InChI=1S/C18H20N2O4S/c1-11-16(17(22)19-9-13-3-4-13)25-18(23)20(11)10-14-5-7-15(8-6-14)24-12(2)21/h5-8,13H,3-4,9-10H2,1-2H3,(H,19,22). The van der Waals surface area contributed by atoms with Gasteiger partial charge in [0.25, 0.3) is 5.91 Å².